The Labute approximate surface area is 174 Å². The lowest BCUT2D eigenvalue weighted by molar-refractivity contribution is -0.385. The first-order chi connectivity index (χ1) is 14.5. The number of fused-ring (bicyclic) bond motifs is 1. The van der Waals surface area contributed by atoms with E-state index >= 15 is 0 Å². The molecule has 1 saturated heterocycles. The highest BCUT2D eigenvalue weighted by atomic mass is 16.6. The van der Waals surface area contributed by atoms with Crippen molar-refractivity contribution in [3.8, 4) is 11.5 Å². The first kappa shape index (κ1) is 20.3. The van der Waals surface area contributed by atoms with Gasteiger partial charge in [0.1, 0.15) is 13.2 Å². The number of carbonyl (C=O) groups excluding carboxylic acids is 1. The van der Waals surface area contributed by atoms with Gasteiger partial charge in [0.15, 0.2) is 17.3 Å². The van der Waals surface area contributed by atoms with Crippen molar-refractivity contribution in [2.45, 2.75) is 25.9 Å². The molecule has 2 aliphatic heterocycles. The standard InChI is InChI=1S/C22H25N3O5/c1-15-2-4-17(11-19(15)25(27)28)20(26)12-23-18-6-7-24(14-18)13-16-3-5-21-22(10-16)30-9-8-29-21/h2-5,10-11,18,23H,6-9,12-14H2,1H3. The van der Waals surface area contributed by atoms with Crippen LogP contribution in [0, 0.1) is 17.0 Å². The van der Waals surface area contributed by atoms with Gasteiger partial charge in [-0.3, -0.25) is 19.8 Å². The van der Waals surface area contributed by atoms with Gasteiger partial charge in [0.05, 0.1) is 11.5 Å². The van der Waals surface area contributed by atoms with Crippen molar-refractivity contribution in [1.29, 1.82) is 0 Å². The highest BCUT2D eigenvalue weighted by Gasteiger charge is 2.24. The molecular formula is C22H25N3O5. The molecule has 1 fully saturated rings. The third-order valence-electron chi connectivity index (χ3n) is 5.56. The molecule has 30 heavy (non-hydrogen) atoms. The molecule has 0 bridgehead atoms. The van der Waals surface area contributed by atoms with Crippen molar-refractivity contribution in [2.75, 3.05) is 32.8 Å². The second kappa shape index (κ2) is 8.81. The number of benzene rings is 2. The van der Waals surface area contributed by atoms with Gasteiger partial charge in [-0.2, -0.15) is 0 Å². The van der Waals surface area contributed by atoms with E-state index in [-0.39, 0.29) is 24.1 Å². The summed E-state index contributed by atoms with van der Waals surface area (Å²) in [6.45, 7) is 5.59. The molecular weight excluding hydrogens is 386 g/mol. The van der Waals surface area contributed by atoms with E-state index in [2.05, 4.69) is 16.3 Å². The molecule has 0 spiro atoms. The normalized spacial score (nSPS) is 18.4. The number of carbonyl (C=O) groups is 1. The molecule has 4 rings (SSSR count). The van der Waals surface area contributed by atoms with Crippen LogP contribution in [-0.2, 0) is 6.54 Å². The van der Waals surface area contributed by atoms with Crippen molar-refractivity contribution in [3.63, 3.8) is 0 Å². The number of aryl methyl sites for hydroxylation is 1. The minimum absolute atomic E-state index is 0.0210. The molecule has 0 radical (unpaired) electrons. The van der Waals surface area contributed by atoms with Gasteiger partial charge in [0.25, 0.3) is 5.69 Å². The molecule has 8 heteroatoms. The number of ketones is 1. The van der Waals surface area contributed by atoms with E-state index in [9.17, 15) is 14.9 Å². The second-order valence-corrected chi connectivity index (χ2v) is 7.76. The third-order valence-corrected chi connectivity index (χ3v) is 5.56. The van der Waals surface area contributed by atoms with Crippen LogP contribution in [0.5, 0.6) is 11.5 Å². The molecule has 2 aromatic carbocycles. The zero-order valence-corrected chi connectivity index (χ0v) is 16.9. The average Bonchev–Trinajstić information content (AvgIpc) is 3.19. The number of ether oxygens (including phenoxy) is 2. The fraction of sp³-hybridized carbons (Fsp3) is 0.409. The van der Waals surface area contributed by atoms with Gasteiger partial charge in [-0.1, -0.05) is 18.2 Å². The van der Waals surface area contributed by atoms with Crippen LogP contribution in [0.1, 0.15) is 27.9 Å². The molecule has 0 aromatic heterocycles. The third kappa shape index (κ3) is 4.60. The van der Waals surface area contributed by atoms with Crippen molar-refractivity contribution in [3.05, 3.63) is 63.2 Å². The number of hydrogen-bond donors (Lipinski definition) is 1. The van der Waals surface area contributed by atoms with Crippen LogP contribution in [0.25, 0.3) is 0 Å². The zero-order valence-electron chi connectivity index (χ0n) is 16.9. The highest BCUT2D eigenvalue weighted by molar-refractivity contribution is 5.98. The van der Waals surface area contributed by atoms with E-state index in [0.717, 1.165) is 37.6 Å². The molecule has 0 amide bonds. The summed E-state index contributed by atoms with van der Waals surface area (Å²) in [7, 11) is 0. The van der Waals surface area contributed by atoms with Crippen molar-refractivity contribution in [1.82, 2.24) is 10.2 Å². The number of Topliss-reactive ketones (excluding diaryl/α,β-unsaturated/α-hetero) is 1. The number of likely N-dealkylation sites (tertiary alicyclic amines) is 1. The quantitative estimate of drug-likeness (QED) is 0.425. The number of hydrogen-bond acceptors (Lipinski definition) is 7. The van der Waals surface area contributed by atoms with Crippen molar-refractivity contribution < 1.29 is 19.2 Å². The SMILES string of the molecule is Cc1ccc(C(=O)CNC2CCN(Cc3ccc4c(c3)OCCO4)C2)cc1[N+](=O)[O-]. The van der Waals surface area contributed by atoms with Crippen LogP contribution >= 0.6 is 0 Å². The number of nitro benzene ring substituents is 1. The number of nitrogens with one attached hydrogen (secondary N) is 1. The predicted octanol–water partition coefficient (Wildman–Crippen LogP) is 2.72. The second-order valence-electron chi connectivity index (χ2n) is 7.76. The summed E-state index contributed by atoms with van der Waals surface area (Å²) in [6.07, 6.45) is 0.950. The van der Waals surface area contributed by atoms with Gasteiger partial charge < -0.3 is 14.8 Å². The Bertz CT molecular complexity index is 962. The molecule has 158 valence electrons. The predicted molar refractivity (Wildman–Crippen MR) is 111 cm³/mol. The van der Waals surface area contributed by atoms with Gasteiger partial charge in [-0.05, 0) is 31.0 Å². The van der Waals surface area contributed by atoms with E-state index < -0.39 is 4.92 Å². The maximum atomic E-state index is 12.5. The Kier molecular flexibility index (Phi) is 5.96. The van der Waals surface area contributed by atoms with Crippen molar-refractivity contribution >= 4 is 11.5 Å². The molecule has 1 atom stereocenters. The molecule has 0 aliphatic carbocycles. The van der Waals surface area contributed by atoms with E-state index in [1.165, 1.54) is 11.6 Å². The highest BCUT2D eigenvalue weighted by Crippen LogP contribution is 2.31. The lowest BCUT2D eigenvalue weighted by Crippen LogP contribution is -2.36. The molecule has 2 aromatic rings. The molecule has 1 unspecified atom stereocenters. The van der Waals surface area contributed by atoms with Gasteiger partial charge in [0.2, 0.25) is 0 Å². The summed E-state index contributed by atoms with van der Waals surface area (Å²) in [6, 6.07) is 10.9. The first-order valence-electron chi connectivity index (χ1n) is 10.1. The summed E-state index contributed by atoms with van der Waals surface area (Å²) in [5.74, 6) is 1.45. The van der Waals surface area contributed by atoms with Crippen LogP contribution in [-0.4, -0.2) is 54.5 Å². The monoisotopic (exact) mass is 411 g/mol. The van der Waals surface area contributed by atoms with Crippen LogP contribution in [0.4, 0.5) is 5.69 Å². The summed E-state index contributed by atoms with van der Waals surface area (Å²) < 4.78 is 11.2. The van der Waals surface area contributed by atoms with Gasteiger partial charge in [-0.25, -0.2) is 0 Å². The largest absolute Gasteiger partial charge is 0.486 e. The summed E-state index contributed by atoms with van der Waals surface area (Å²) in [5.41, 5.74) is 2.07. The minimum Gasteiger partial charge on any atom is -0.486 e. The average molecular weight is 411 g/mol. The minimum atomic E-state index is -0.452. The number of nitro groups is 1. The van der Waals surface area contributed by atoms with E-state index in [0.29, 0.717) is 24.3 Å². The first-order valence-corrected chi connectivity index (χ1v) is 10.1. The van der Waals surface area contributed by atoms with E-state index in [4.69, 9.17) is 9.47 Å². The van der Waals surface area contributed by atoms with Crippen molar-refractivity contribution in [2.24, 2.45) is 0 Å². The Hall–Kier alpha value is -2.97. The summed E-state index contributed by atoms with van der Waals surface area (Å²) in [5, 5.41) is 14.4. The lowest BCUT2D eigenvalue weighted by Gasteiger charge is -2.21. The van der Waals surface area contributed by atoms with Crippen LogP contribution in [0.15, 0.2) is 36.4 Å². The van der Waals surface area contributed by atoms with E-state index in [1.54, 1.807) is 19.1 Å². The Morgan fingerprint density at radius 3 is 2.80 bits per heavy atom. The fourth-order valence-corrected chi connectivity index (χ4v) is 3.91. The zero-order chi connectivity index (χ0) is 21.1. The van der Waals surface area contributed by atoms with Crippen LogP contribution < -0.4 is 14.8 Å². The van der Waals surface area contributed by atoms with Gasteiger partial charge >= 0.3 is 0 Å². The number of nitrogens with zero attached hydrogens (tertiary/aromatic N) is 2. The molecule has 2 aliphatic rings. The fourth-order valence-electron chi connectivity index (χ4n) is 3.91. The maximum absolute atomic E-state index is 12.5. The van der Waals surface area contributed by atoms with E-state index in [1.807, 2.05) is 12.1 Å². The lowest BCUT2D eigenvalue weighted by atomic mass is 10.1. The molecule has 0 saturated carbocycles. The Morgan fingerprint density at radius 1 is 1.20 bits per heavy atom. The summed E-state index contributed by atoms with van der Waals surface area (Å²) in [4.78, 5) is 25.4. The summed E-state index contributed by atoms with van der Waals surface area (Å²) >= 11 is 0. The Morgan fingerprint density at radius 2 is 2.00 bits per heavy atom. The topological polar surface area (TPSA) is 93.9 Å². The molecule has 1 N–H and O–H groups in total. The molecule has 8 nitrogen and oxygen atoms in total. The van der Waals surface area contributed by atoms with Gasteiger partial charge in [0, 0.05) is 42.9 Å². The van der Waals surface area contributed by atoms with Gasteiger partial charge in [-0.15, -0.1) is 0 Å². The Balaban J connectivity index is 1.29. The number of rotatable bonds is 7. The van der Waals surface area contributed by atoms with Crippen LogP contribution in [0.3, 0.4) is 0 Å². The van der Waals surface area contributed by atoms with Crippen LogP contribution in [0.2, 0.25) is 0 Å². The molecule has 2 heterocycles. The maximum Gasteiger partial charge on any atom is 0.273 e. The smallest absolute Gasteiger partial charge is 0.273 e.